The van der Waals surface area contributed by atoms with E-state index in [4.69, 9.17) is 11.6 Å². The van der Waals surface area contributed by atoms with Crippen molar-refractivity contribution in [3.8, 4) is 0 Å². The second-order valence-corrected chi connectivity index (χ2v) is 7.00. The first kappa shape index (κ1) is 18.0. The highest BCUT2D eigenvalue weighted by Gasteiger charge is 2.25. The zero-order chi connectivity index (χ0) is 18.0. The Balaban J connectivity index is 1.75. The van der Waals surface area contributed by atoms with E-state index in [0.717, 1.165) is 47.8 Å². The minimum absolute atomic E-state index is 0.0264. The van der Waals surface area contributed by atoms with Crippen LogP contribution < -0.4 is 5.32 Å². The number of aryl methyl sites for hydroxylation is 1. The predicted molar refractivity (Wildman–Crippen MR) is 103 cm³/mol. The van der Waals surface area contributed by atoms with Crippen molar-refractivity contribution in [2.45, 2.75) is 46.2 Å². The molecule has 1 atom stereocenters. The van der Waals surface area contributed by atoms with Crippen molar-refractivity contribution < 1.29 is 4.79 Å². The van der Waals surface area contributed by atoms with Crippen molar-refractivity contribution >= 4 is 23.2 Å². The molecule has 0 spiro atoms. The van der Waals surface area contributed by atoms with E-state index < -0.39 is 0 Å². The van der Waals surface area contributed by atoms with Crippen molar-refractivity contribution in [3.63, 3.8) is 0 Å². The average Bonchev–Trinajstić information content (AvgIpc) is 3.07. The molecule has 0 saturated heterocycles. The molecule has 3 rings (SSSR count). The molecule has 0 fully saturated rings. The molecule has 2 heterocycles. The molecule has 1 N–H and O–H groups in total. The van der Waals surface area contributed by atoms with E-state index in [1.807, 2.05) is 12.1 Å². The van der Waals surface area contributed by atoms with Crippen LogP contribution >= 0.6 is 11.6 Å². The molecule has 1 aromatic heterocycles. The van der Waals surface area contributed by atoms with Gasteiger partial charge in [0, 0.05) is 41.7 Å². The van der Waals surface area contributed by atoms with E-state index in [-0.39, 0.29) is 11.9 Å². The number of amides is 1. The highest BCUT2D eigenvalue weighted by atomic mass is 35.5. The number of aromatic nitrogens is 1. The minimum Gasteiger partial charge on any atom is -0.349 e. The molecule has 0 radical (unpaired) electrons. The standard InChI is InChI=1S/C20H26ClN3O/c1-4-15-8-9-17(21)16(5-2)20(15)22-19(25)13-24-12-11-23-10-6-7-18(23)14(24)3/h6-10,14H,4-5,11-13H2,1-3H3,(H,22,25). The van der Waals surface area contributed by atoms with E-state index in [2.05, 4.69) is 53.9 Å². The van der Waals surface area contributed by atoms with Gasteiger partial charge < -0.3 is 9.88 Å². The highest BCUT2D eigenvalue weighted by Crippen LogP contribution is 2.30. The van der Waals surface area contributed by atoms with Gasteiger partial charge in [-0.1, -0.05) is 31.5 Å². The fraction of sp³-hybridized carbons (Fsp3) is 0.450. The van der Waals surface area contributed by atoms with Crippen molar-refractivity contribution in [2.75, 3.05) is 18.4 Å². The van der Waals surface area contributed by atoms with Crippen molar-refractivity contribution in [1.82, 2.24) is 9.47 Å². The van der Waals surface area contributed by atoms with Crippen molar-refractivity contribution in [1.29, 1.82) is 0 Å². The molecule has 1 amide bonds. The number of carbonyl (C=O) groups excluding carboxylic acids is 1. The average molecular weight is 360 g/mol. The summed E-state index contributed by atoms with van der Waals surface area (Å²) in [6.07, 6.45) is 3.78. The van der Waals surface area contributed by atoms with E-state index in [1.54, 1.807) is 0 Å². The summed E-state index contributed by atoms with van der Waals surface area (Å²) in [5, 5.41) is 3.86. The van der Waals surface area contributed by atoms with Gasteiger partial charge in [0.15, 0.2) is 0 Å². The topological polar surface area (TPSA) is 37.3 Å². The molecule has 0 aliphatic carbocycles. The Kier molecular flexibility index (Phi) is 5.50. The number of benzene rings is 1. The Morgan fingerprint density at radius 1 is 1.24 bits per heavy atom. The molecule has 4 nitrogen and oxygen atoms in total. The number of hydrogen-bond donors (Lipinski definition) is 1. The van der Waals surface area contributed by atoms with Crippen LogP contribution in [0.4, 0.5) is 5.69 Å². The van der Waals surface area contributed by atoms with Gasteiger partial charge in [0.25, 0.3) is 0 Å². The van der Waals surface area contributed by atoms with Gasteiger partial charge in [-0.15, -0.1) is 0 Å². The van der Waals surface area contributed by atoms with Gasteiger partial charge in [-0.2, -0.15) is 0 Å². The maximum atomic E-state index is 12.7. The summed E-state index contributed by atoms with van der Waals surface area (Å²) < 4.78 is 2.26. The number of fused-ring (bicyclic) bond motifs is 1. The fourth-order valence-corrected chi connectivity index (χ4v) is 3.96. The van der Waals surface area contributed by atoms with Crippen molar-refractivity contribution in [2.24, 2.45) is 0 Å². The third-order valence-electron chi connectivity index (χ3n) is 5.16. The Labute approximate surface area is 154 Å². The van der Waals surface area contributed by atoms with Crippen LogP contribution in [0, 0.1) is 0 Å². The normalized spacial score (nSPS) is 17.4. The van der Waals surface area contributed by atoms with Crippen LogP contribution in [0.1, 0.15) is 43.6 Å². The highest BCUT2D eigenvalue weighted by molar-refractivity contribution is 6.32. The summed E-state index contributed by atoms with van der Waals surface area (Å²) in [5.74, 6) is 0.0264. The first-order chi connectivity index (χ1) is 12.0. The molecule has 0 bridgehead atoms. The van der Waals surface area contributed by atoms with E-state index >= 15 is 0 Å². The lowest BCUT2D eigenvalue weighted by molar-refractivity contribution is -0.118. The number of anilines is 1. The SMILES string of the molecule is CCc1ccc(Cl)c(CC)c1NC(=O)CN1CCn2cccc2C1C. The summed E-state index contributed by atoms with van der Waals surface area (Å²) in [7, 11) is 0. The summed E-state index contributed by atoms with van der Waals surface area (Å²) in [6.45, 7) is 8.53. The van der Waals surface area contributed by atoms with Gasteiger partial charge in [-0.25, -0.2) is 0 Å². The van der Waals surface area contributed by atoms with E-state index in [9.17, 15) is 4.79 Å². The fourth-order valence-electron chi connectivity index (χ4n) is 3.67. The zero-order valence-electron chi connectivity index (χ0n) is 15.2. The molecule has 2 aromatic rings. The molecule has 1 unspecified atom stereocenters. The van der Waals surface area contributed by atoms with Crippen LogP contribution in [0.5, 0.6) is 0 Å². The quantitative estimate of drug-likeness (QED) is 0.865. The smallest absolute Gasteiger partial charge is 0.238 e. The number of carbonyl (C=O) groups is 1. The Hall–Kier alpha value is -1.78. The van der Waals surface area contributed by atoms with Crippen molar-refractivity contribution in [3.05, 3.63) is 52.3 Å². The van der Waals surface area contributed by atoms with Crippen LogP contribution in [0.25, 0.3) is 0 Å². The molecule has 1 aromatic carbocycles. The van der Waals surface area contributed by atoms with E-state index in [1.165, 1.54) is 5.69 Å². The second kappa shape index (κ2) is 7.63. The molecule has 134 valence electrons. The lowest BCUT2D eigenvalue weighted by Gasteiger charge is -2.34. The molecular formula is C20H26ClN3O. The largest absolute Gasteiger partial charge is 0.349 e. The summed E-state index contributed by atoms with van der Waals surface area (Å²) in [5.41, 5.74) is 4.32. The maximum absolute atomic E-state index is 12.7. The van der Waals surface area contributed by atoms with Crippen LogP contribution in [-0.2, 0) is 24.2 Å². The van der Waals surface area contributed by atoms with Gasteiger partial charge in [0.05, 0.1) is 6.54 Å². The van der Waals surface area contributed by atoms with Gasteiger partial charge >= 0.3 is 0 Å². The minimum atomic E-state index is 0.0264. The number of nitrogens with zero attached hydrogens (tertiary/aromatic N) is 2. The van der Waals surface area contributed by atoms with Crippen LogP contribution in [-0.4, -0.2) is 28.5 Å². The number of hydrogen-bond acceptors (Lipinski definition) is 2. The molecule has 1 aliphatic rings. The monoisotopic (exact) mass is 359 g/mol. The third-order valence-corrected chi connectivity index (χ3v) is 5.51. The number of nitrogens with one attached hydrogen (secondary N) is 1. The summed E-state index contributed by atoms with van der Waals surface area (Å²) in [4.78, 5) is 15.0. The molecule has 1 aliphatic heterocycles. The lowest BCUT2D eigenvalue weighted by Crippen LogP contribution is -2.41. The van der Waals surface area contributed by atoms with Crippen LogP contribution in [0.3, 0.4) is 0 Å². The molecule has 25 heavy (non-hydrogen) atoms. The Morgan fingerprint density at radius 3 is 2.76 bits per heavy atom. The summed E-state index contributed by atoms with van der Waals surface area (Å²) in [6, 6.07) is 8.38. The van der Waals surface area contributed by atoms with E-state index in [0.29, 0.717) is 6.54 Å². The predicted octanol–water partition coefficient (Wildman–Crippen LogP) is 4.28. The van der Waals surface area contributed by atoms with Gasteiger partial charge in [-0.3, -0.25) is 9.69 Å². The maximum Gasteiger partial charge on any atom is 0.238 e. The van der Waals surface area contributed by atoms with Gasteiger partial charge in [-0.05, 0) is 49.1 Å². The summed E-state index contributed by atoms with van der Waals surface area (Å²) >= 11 is 6.34. The second-order valence-electron chi connectivity index (χ2n) is 6.59. The van der Waals surface area contributed by atoms with Crippen LogP contribution in [0.15, 0.2) is 30.5 Å². The number of halogens is 1. The lowest BCUT2D eigenvalue weighted by atomic mass is 10.0. The Morgan fingerprint density at radius 2 is 2.04 bits per heavy atom. The first-order valence-electron chi connectivity index (χ1n) is 9.04. The van der Waals surface area contributed by atoms with Gasteiger partial charge in [0.1, 0.15) is 0 Å². The Bertz CT molecular complexity index is 768. The molecule has 0 saturated carbocycles. The zero-order valence-corrected chi connectivity index (χ0v) is 15.9. The third kappa shape index (κ3) is 3.60. The molecule has 5 heteroatoms. The van der Waals surface area contributed by atoms with Crippen LogP contribution in [0.2, 0.25) is 5.02 Å². The van der Waals surface area contributed by atoms with Gasteiger partial charge in [0.2, 0.25) is 5.91 Å². The number of rotatable bonds is 5. The first-order valence-corrected chi connectivity index (χ1v) is 9.42. The molecular weight excluding hydrogens is 334 g/mol.